The number of hydrogen-bond acceptors (Lipinski definition) is 2. The molecule has 20 heavy (non-hydrogen) atoms. The lowest BCUT2D eigenvalue weighted by Crippen LogP contribution is -1.97. The fourth-order valence-electron chi connectivity index (χ4n) is 1.75. The lowest BCUT2D eigenvalue weighted by Gasteiger charge is -2.04. The van der Waals surface area contributed by atoms with E-state index in [2.05, 4.69) is 5.16 Å². The van der Waals surface area contributed by atoms with Gasteiger partial charge < -0.3 is 4.84 Å². The van der Waals surface area contributed by atoms with Gasteiger partial charge in [-0.25, -0.2) is 8.78 Å². The predicted octanol–water partition coefficient (Wildman–Crippen LogP) is 4.21. The summed E-state index contributed by atoms with van der Waals surface area (Å²) in [5, 5.41) is 3.95. The monoisotopic (exact) mass is 275 g/mol. The summed E-state index contributed by atoms with van der Waals surface area (Å²) in [6, 6.07) is 11.1. The Bertz CT molecular complexity index is 601. The van der Waals surface area contributed by atoms with E-state index in [1.54, 1.807) is 0 Å². The number of rotatable bonds is 4. The first-order valence-corrected chi connectivity index (χ1v) is 6.23. The van der Waals surface area contributed by atoms with Crippen LogP contribution in [0.2, 0.25) is 0 Å². The maximum atomic E-state index is 13.0. The van der Waals surface area contributed by atoms with Gasteiger partial charge >= 0.3 is 0 Å². The largest absolute Gasteiger partial charge is 0.391 e. The van der Waals surface area contributed by atoms with Crippen molar-refractivity contribution in [2.45, 2.75) is 20.5 Å². The van der Waals surface area contributed by atoms with Crippen molar-refractivity contribution in [1.29, 1.82) is 0 Å². The van der Waals surface area contributed by atoms with E-state index < -0.39 is 11.6 Å². The minimum atomic E-state index is -0.622. The second-order valence-electron chi connectivity index (χ2n) is 4.59. The second-order valence-corrected chi connectivity index (χ2v) is 4.59. The lowest BCUT2D eigenvalue weighted by molar-refractivity contribution is 0.130. The maximum absolute atomic E-state index is 13.0. The normalized spacial score (nSPS) is 11.5. The summed E-state index contributed by atoms with van der Waals surface area (Å²) in [4.78, 5) is 5.13. The molecular weight excluding hydrogens is 260 g/mol. The first-order chi connectivity index (χ1) is 9.54. The van der Waals surface area contributed by atoms with Crippen LogP contribution < -0.4 is 0 Å². The van der Waals surface area contributed by atoms with Crippen molar-refractivity contribution in [2.75, 3.05) is 0 Å². The highest BCUT2D eigenvalue weighted by Crippen LogP contribution is 2.10. The lowest BCUT2D eigenvalue weighted by atomic mass is 10.1. The van der Waals surface area contributed by atoms with Crippen LogP contribution >= 0.6 is 0 Å². The van der Waals surface area contributed by atoms with Gasteiger partial charge in [0.15, 0.2) is 0 Å². The van der Waals surface area contributed by atoms with Gasteiger partial charge in [-0.3, -0.25) is 0 Å². The zero-order valence-corrected chi connectivity index (χ0v) is 11.4. The Morgan fingerprint density at radius 1 is 1.05 bits per heavy atom. The van der Waals surface area contributed by atoms with E-state index in [1.165, 1.54) is 12.1 Å². The molecule has 104 valence electrons. The Morgan fingerprint density at radius 2 is 1.65 bits per heavy atom. The highest BCUT2D eigenvalue weighted by molar-refractivity contribution is 5.98. The van der Waals surface area contributed by atoms with Crippen molar-refractivity contribution < 1.29 is 13.6 Å². The van der Waals surface area contributed by atoms with Crippen LogP contribution in [0.3, 0.4) is 0 Å². The number of nitrogens with zero attached hydrogens (tertiary/aromatic N) is 1. The van der Waals surface area contributed by atoms with E-state index >= 15 is 0 Å². The molecule has 0 aliphatic rings. The van der Waals surface area contributed by atoms with Crippen LogP contribution in [0.5, 0.6) is 0 Å². The molecule has 0 radical (unpaired) electrons. The van der Waals surface area contributed by atoms with Gasteiger partial charge in [0.25, 0.3) is 0 Å². The molecule has 0 saturated heterocycles. The summed E-state index contributed by atoms with van der Waals surface area (Å²) in [5.41, 5.74) is 3.23. The molecule has 0 atom stereocenters. The predicted molar refractivity (Wildman–Crippen MR) is 74.5 cm³/mol. The highest BCUT2D eigenvalue weighted by Gasteiger charge is 2.02. The van der Waals surface area contributed by atoms with Crippen molar-refractivity contribution in [2.24, 2.45) is 5.16 Å². The Hall–Kier alpha value is -2.23. The third kappa shape index (κ3) is 3.88. The summed E-state index contributed by atoms with van der Waals surface area (Å²) >= 11 is 0. The molecule has 0 heterocycles. The third-order valence-corrected chi connectivity index (χ3v) is 2.82. The first-order valence-electron chi connectivity index (χ1n) is 6.23. The summed E-state index contributed by atoms with van der Waals surface area (Å²) in [6.45, 7) is 3.85. The molecule has 0 amide bonds. The van der Waals surface area contributed by atoms with Gasteiger partial charge in [0.1, 0.15) is 18.2 Å². The topological polar surface area (TPSA) is 21.6 Å². The van der Waals surface area contributed by atoms with Crippen LogP contribution in [-0.4, -0.2) is 5.71 Å². The van der Waals surface area contributed by atoms with E-state index in [-0.39, 0.29) is 6.61 Å². The number of aryl methyl sites for hydroxylation is 1. The molecule has 2 aromatic carbocycles. The van der Waals surface area contributed by atoms with Gasteiger partial charge in [-0.1, -0.05) is 35.0 Å². The fraction of sp³-hybridized carbons (Fsp3) is 0.188. The van der Waals surface area contributed by atoms with Gasteiger partial charge in [-0.2, -0.15) is 0 Å². The van der Waals surface area contributed by atoms with Crippen LogP contribution in [0.4, 0.5) is 8.78 Å². The SMILES string of the molecule is C/C(=N\OCc1cc(F)cc(F)c1)c1ccc(C)cc1. The molecule has 0 aromatic heterocycles. The Labute approximate surface area is 116 Å². The van der Waals surface area contributed by atoms with E-state index in [1.807, 2.05) is 38.1 Å². The smallest absolute Gasteiger partial charge is 0.142 e. The van der Waals surface area contributed by atoms with Crippen molar-refractivity contribution >= 4 is 5.71 Å². The molecule has 4 heteroatoms. The molecule has 0 bridgehead atoms. The molecule has 0 fully saturated rings. The number of halogens is 2. The second kappa shape index (κ2) is 6.28. The summed E-state index contributed by atoms with van der Waals surface area (Å²) < 4.78 is 26.0. The molecule has 2 aromatic rings. The van der Waals surface area contributed by atoms with E-state index in [4.69, 9.17) is 4.84 Å². The Morgan fingerprint density at radius 3 is 2.25 bits per heavy atom. The average molecular weight is 275 g/mol. The summed E-state index contributed by atoms with van der Waals surface area (Å²) in [7, 11) is 0. The highest BCUT2D eigenvalue weighted by atomic mass is 19.1. The molecule has 0 aliphatic heterocycles. The standard InChI is InChI=1S/C16H15F2NO/c1-11-3-5-14(6-4-11)12(2)19-20-10-13-7-15(17)9-16(18)8-13/h3-9H,10H2,1-2H3/b19-12+. The van der Waals surface area contributed by atoms with Crippen LogP contribution in [-0.2, 0) is 11.4 Å². The van der Waals surface area contributed by atoms with Crippen molar-refractivity contribution in [3.63, 3.8) is 0 Å². The quantitative estimate of drug-likeness (QED) is 0.605. The molecule has 0 aliphatic carbocycles. The molecule has 0 N–H and O–H groups in total. The minimum Gasteiger partial charge on any atom is -0.391 e. The molecule has 2 rings (SSSR count). The Kier molecular flexibility index (Phi) is 4.45. The minimum absolute atomic E-state index is 0.0257. The van der Waals surface area contributed by atoms with Crippen molar-refractivity contribution in [1.82, 2.24) is 0 Å². The van der Waals surface area contributed by atoms with Crippen molar-refractivity contribution in [3.8, 4) is 0 Å². The molecule has 0 unspecified atom stereocenters. The van der Waals surface area contributed by atoms with Crippen LogP contribution in [0.25, 0.3) is 0 Å². The van der Waals surface area contributed by atoms with Gasteiger partial charge in [0.05, 0.1) is 5.71 Å². The van der Waals surface area contributed by atoms with Gasteiger partial charge in [0, 0.05) is 6.07 Å². The summed E-state index contributed by atoms with van der Waals surface area (Å²) in [5.74, 6) is -1.24. The van der Waals surface area contributed by atoms with Gasteiger partial charge in [-0.05, 0) is 37.1 Å². The van der Waals surface area contributed by atoms with E-state index in [0.717, 1.165) is 17.2 Å². The number of oxime groups is 1. The molecule has 0 spiro atoms. The molecule has 2 nitrogen and oxygen atoms in total. The fourth-order valence-corrected chi connectivity index (χ4v) is 1.75. The Balaban J connectivity index is 2.00. The van der Waals surface area contributed by atoms with Crippen molar-refractivity contribution in [3.05, 3.63) is 70.8 Å². The summed E-state index contributed by atoms with van der Waals surface area (Å²) in [6.07, 6.45) is 0. The van der Waals surface area contributed by atoms with E-state index in [0.29, 0.717) is 11.3 Å². The van der Waals surface area contributed by atoms with Crippen LogP contribution in [0.1, 0.15) is 23.6 Å². The third-order valence-electron chi connectivity index (χ3n) is 2.82. The van der Waals surface area contributed by atoms with Crippen LogP contribution in [0, 0.1) is 18.6 Å². The first kappa shape index (κ1) is 14.2. The van der Waals surface area contributed by atoms with E-state index in [9.17, 15) is 8.78 Å². The zero-order chi connectivity index (χ0) is 14.5. The van der Waals surface area contributed by atoms with Crippen LogP contribution in [0.15, 0.2) is 47.6 Å². The van der Waals surface area contributed by atoms with Gasteiger partial charge in [-0.15, -0.1) is 0 Å². The zero-order valence-electron chi connectivity index (χ0n) is 11.4. The van der Waals surface area contributed by atoms with Gasteiger partial charge in [0.2, 0.25) is 0 Å². The molecular formula is C16H15F2NO. The molecule has 0 saturated carbocycles. The number of hydrogen-bond donors (Lipinski definition) is 0. The maximum Gasteiger partial charge on any atom is 0.142 e. The average Bonchev–Trinajstić information content (AvgIpc) is 2.38. The number of benzene rings is 2.